The predicted octanol–water partition coefficient (Wildman–Crippen LogP) is 3.20. The maximum absolute atomic E-state index is 12.9. The number of furan rings is 1. The molecular formula is C20H21NO6. The molecule has 0 saturated carbocycles. The number of benzene rings is 1. The lowest BCUT2D eigenvalue weighted by atomic mass is 9.95. The zero-order chi connectivity index (χ0) is 19.7. The fraction of sp³-hybridized carbons (Fsp3) is 0.300. The number of ketones is 1. The summed E-state index contributed by atoms with van der Waals surface area (Å²) >= 11 is 0. The van der Waals surface area contributed by atoms with Crippen molar-refractivity contribution in [1.29, 1.82) is 0 Å². The summed E-state index contributed by atoms with van der Waals surface area (Å²) in [6.45, 7) is 4.05. The van der Waals surface area contributed by atoms with Crippen molar-refractivity contribution in [1.82, 2.24) is 4.90 Å². The highest BCUT2D eigenvalue weighted by atomic mass is 16.5. The third-order valence-electron chi connectivity index (χ3n) is 4.45. The van der Waals surface area contributed by atoms with Gasteiger partial charge in [-0.3, -0.25) is 9.59 Å². The minimum Gasteiger partial charge on any atom is -0.503 e. The molecule has 0 spiro atoms. The molecule has 1 aromatic carbocycles. The molecule has 1 aromatic heterocycles. The van der Waals surface area contributed by atoms with Crippen molar-refractivity contribution in [3.05, 3.63) is 58.7 Å². The van der Waals surface area contributed by atoms with E-state index in [0.29, 0.717) is 29.4 Å². The number of aliphatic hydroxyl groups is 1. The van der Waals surface area contributed by atoms with Crippen LogP contribution in [0.4, 0.5) is 0 Å². The highest BCUT2D eigenvalue weighted by Crippen LogP contribution is 2.40. The second-order valence-electron chi connectivity index (χ2n) is 6.16. The molecule has 7 heteroatoms. The summed E-state index contributed by atoms with van der Waals surface area (Å²) in [5, 5.41) is 10.3. The summed E-state index contributed by atoms with van der Waals surface area (Å²) in [5.74, 6) is -0.0683. The Morgan fingerprint density at radius 2 is 2.00 bits per heavy atom. The molecule has 0 fully saturated rings. The molecular weight excluding hydrogens is 350 g/mol. The number of nitrogens with zero attached hydrogens (tertiary/aromatic N) is 1. The Hall–Kier alpha value is -3.22. The van der Waals surface area contributed by atoms with Crippen molar-refractivity contribution in [3.63, 3.8) is 0 Å². The zero-order valence-corrected chi connectivity index (χ0v) is 15.6. The van der Waals surface area contributed by atoms with Crippen LogP contribution in [0.2, 0.25) is 0 Å². The molecule has 0 aliphatic carbocycles. The number of hydrogen-bond donors (Lipinski definition) is 1. The van der Waals surface area contributed by atoms with Crippen LogP contribution in [0.25, 0.3) is 0 Å². The molecule has 27 heavy (non-hydrogen) atoms. The van der Waals surface area contributed by atoms with E-state index in [1.807, 2.05) is 6.92 Å². The van der Waals surface area contributed by atoms with Gasteiger partial charge < -0.3 is 23.9 Å². The predicted molar refractivity (Wildman–Crippen MR) is 97.1 cm³/mol. The summed E-state index contributed by atoms with van der Waals surface area (Å²) in [6, 6.07) is 7.56. The van der Waals surface area contributed by atoms with Gasteiger partial charge in [-0.25, -0.2) is 0 Å². The summed E-state index contributed by atoms with van der Waals surface area (Å²) in [6.07, 6.45) is 0. The number of carbonyl (C=O) groups is 2. The number of Topliss-reactive ketones (excluding diaryl/α,β-unsaturated/α-hetero) is 1. The highest BCUT2D eigenvalue weighted by molar-refractivity contribution is 6.14. The minimum atomic E-state index is -0.764. The van der Waals surface area contributed by atoms with Crippen molar-refractivity contribution in [2.24, 2.45) is 0 Å². The number of likely N-dealkylation sites (N-methyl/N-ethyl adjacent to an activating group) is 1. The molecule has 7 nitrogen and oxygen atoms in total. The lowest BCUT2D eigenvalue weighted by molar-refractivity contribution is -0.128. The summed E-state index contributed by atoms with van der Waals surface area (Å²) in [5.41, 5.74) is 0.588. The second kappa shape index (κ2) is 7.19. The lowest BCUT2D eigenvalue weighted by Crippen LogP contribution is -2.26. The molecule has 1 N–H and O–H groups in total. The Morgan fingerprint density at radius 1 is 1.26 bits per heavy atom. The molecule has 142 valence electrons. The molecule has 3 rings (SSSR count). The van der Waals surface area contributed by atoms with Gasteiger partial charge in [-0.1, -0.05) is 6.07 Å². The van der Waals surface area contributed by atoms with Gasteiger partial charge in [0.05, 0.1) is 25.3 Å². The molecule has 1 unspecified atom stereocenters. The van der Waals surface area contributed by atoms with Gasteiger partial charge in [-0.15, -0.1) is 0 Å². The average molecular weight is 371 g/mol. The van der Waals surface area contributed by atoms with E-state index < -0.39 is 23.5 Å². The second-order valence-corrected chi connectivity index (χ2v) is 6.16. The normalized spacial score (nSPS) is 16.8. The van der Waals surface area contributed by atoms with Crippen molar-refractivity contribution < 1.29 is 28.6 Å². The van der Waals surface area contributed by atoms with Crippen LogP contribution in [-0.4, -0.2) is 42.5 Å². The molecule has 1 aliphatic rings. The van der Waals surface area contributed by atoms with Gasteiger partial charge >= 0.3 is 0 Å². The van der Waals surface area contributed by atoms with Crippen LogP contribution < -0.4 is 9.47 Å². The number of methoxy groups -OCH3 is 1. The fourth-order valence-electron chi connectivity index (χ4n) is 3.16. The molecule has 0 saturated heterocycles. The number of rotatable bonds is 6. The smallest absolute Gasteiger partial charge is 0.289 e. The maximum Gasteiger partial charge on any atom is 0.289 e. The molecule has 2 heterocycles. The van der Waals surface area contributed by atoms with E-state index in [1.165, 1.54) is 25.1 Å². The Morgan fingerprint density at radius 3 is 2.59 bits per heavy atom. The third kappa shape index (κ3) is 3.16. The van der Waals surface area contributed by atoms with Gasteiger partial charge in [0.25, 0.3) is 5.91 Å². The van der Waals surface area contributed by atoms with Crippen LogP contribution in [0.3, 0.4) is 0 Å². The largest absolute Gasteiger partial charge is 0.503 e. The van der Waals surface area contributed by atoms with Crippen LogP contribution in [0.15, 0.2) is 46.1 Å². The minimum absolute atomic E-state index is 0.0249. The number of aliphatic hydroxyl groups excluding tert-OH is 1. The number of ether oxygens (including phenoxy) is 2. The van der Waals surface area contributed by atoms with Crippen molar-refractivity contribution in [2.45, 2.75) is 19.9 Å². The van der Waals surface area contributed by atoms with Gasteiger partial charge in [0.15, 0.2) is 23.0 Å². The first-order chi connectivity index (χ1) is 12.9. The molecule has 2 aromatic rings. The van der Waals surface area contributed by atoms with E-state index in [2.05, 4.69) is 0 Å². The number of hydrogen-bond acceptors (Lipinski definition) is 6. The quantitative estimate of drug-likeness (QED) is 0.785. The topological polar surface area (TPSA) is 89.2 Å². The van der Waals surface area contributed by atoms with Gasteiger partial charge in [-0.2, -0.15) is 0 Å². The fourth-order valence-corrected chi connectivity index (χ4v) is 3.16. The average Bonchev–Trinajstić information content (AvgIpc) is 3.19. The SMILES string of the molecule is CCOc1ccc(C2C(C(=O)c3ccc(C)o3)=C(O)C(=O)N2C)cc1OC. The number of carbonyl (C=O) groups excluding carboxylic acids is 2. The Kier molecular flexibility index (Phi) is 4.94. The van der Waals surface area contributed by atoms with Crippen LogP contribution in [0.1, 0.15) is 34.8 Å². The van der Waals surface area contributed by atoms with E-state index in [0.717, 1.165) is 0 Å². The van der Waals surface area contributed by atoms with Gasteiger partial charge in [0.1, 0.15) is 5.76 Å². The van der Waals surface area contributed by atoms with Crippen LogP contribution in [0, 0.1) is 6.92 Å². The van der Waals surface area contributed by atoms with Gasteiger partial charge in [0.2, 0.25) is 5.78 Å². The van der Waals surface area contributed by atoms with Crippen LogP contribution in [-0.2, 0) is 4.79 Å². The lowest BCUT2D eigenvalue weighted by Gasteiger charge is -2.23. The van der Waals surface area contributed by atoms with Crippen LogP contribution in [0.5, 0.6) is 11.5 Å². The van der Waals surface area contributed by atoms with E-state index in [1.54, 1.807) is 31.2 Å². The first kappa shape index (κ1) is 18.6. The third-order valence-corrected chi connectivity index (χ3v) is 4.45. The molecule has 0 radical (unpaired) electrons. The Labute approximate surface area is 156 Å². The highest BCUT2D eigenvalue weighted by Gasteiger charge is 2.42. The van der Waals surface area contributed by atoms with Gasteiger partial charge in [-0.05, 0) is 43.7 Å². The van der Waals surface area contributed by atoms with E-state index in [9.17, 15) is 14.7 Å². The van der Waals surface area contributed by atoms with E-state index in [-0.39, 0.29) is 11.3 Å². The Balaban J connectivity index is 2.07. The molecule has 1 atom stereocenters. The Bertz CT molecular complexity index is 926. The van der Waals surface area contributed by atoms with Crippen molar-refractivity contribution >= 4 is 11.7 Å². The van der Waals surface area contributed by atoms with E-state index in [4.69, 9.17) is 13.9 Å². The zero-order valence-electron chi connectivity index (χ0n) is 15.6. The number of amides is 1. The summed E-state index contributed by atoms with van der Waals surface area (Å²) in [7, 11) is 3.04. The maximum atomic E-state index is 12.9. The number of aryl methyl sites for hydroxylation is 1. The molecule has 0 bridgehead atoms. The van der Waals surface area contributed by atoms with Crippen molar-refractivity contribution in [3.8, 4) is 11.5 Å². The van der Waals surface area contributed by atoms with Crippen molar-refractivity contribution in [2.75, 3.05) is 20.8 Å². The van der Waals surface area contributed by atoms with Crippen LogP contribution >= 0.6 is 0 Å². The summed E-state index contributed by atoms with van der Waals surface area (Å²) < 4.78 is 16.3. The first-order valence-electron chi connectivity index (χ1n) is 8.51. The monoisotopic (exact) mass is 371 g/mol. The first-order valence-corrected chi connectivity index (χ1v) is 8.51. The van der Waals surface area contributed by atoms with Gasteiger partial charge in [0, 0.05) is 7.05 Å². The molecule has 1 aliphatic heterocycles. The standard InChI is InChI=1S/C20H21NO6/c1-5-26-13-9-7-12(10-15(13)25-4)17-16(19(23)20(24)21(17)3)18(22)14-8-6-11(2)27-14/h6-10,17,23H,5H2,1-4H3. The summed E-state index contributed by atoms with van der Waals surface area (Å²) in [4.78, 5) is 26.6. The molecule has 1 amide bonds. The van der Waals surface area contributed by atoms with E-state index >= 15 is 0 Å².